The number of aromatic nitrogens is 2. The molecule has 1 heterocycles. The van der Waals surface area contributed by atoms with E-state index >= 15 is 0 Å². The Hall–Kier alpha value is -2.16. The van der Waals surface area contributed by atoms with Gasteiger partial charge in [0.15, 0.2) is 0 Å². The molecule has 21 heavy (non-hydrogen) atoms. The van der Waals surface area contributed by atoms with E-state index in [-0.39, 0.29) is 18.7 Å². The van der Waals surface area contributed by atoms with Gasteiger partial charge < -0.3 is 15.8 Å². The molecule has 0 spiro atoms. The molecule has 0 aliphatic heterocycles. The normalized spacial score (nSPS) is 12.8. The summed E-state index contributed by atoms with van der Waals surface area (Å²) in [6, 6.07) is -0.480. The lowest BCUT2D eigenvalue weighted by molar-refractivity contribution is -0.385. The predicted molar refractivity (Wildman–Crippen MR) is 75.8 cm³/mol. The average Bonchev–Trinajstić information content (AvgIpc) is 2.66. The average molecular weight is 299 g/mol. The molecule has 3 N–H and O–H groups in total. The van der Waals surface area contributed by atoms with Crippen LogP contribution in [0.25, 0.3) is 0 Å². The molecule has 9 nitrogen and oxygen atoms in total. The minimum absolute atomic E-state index is 0.0785. The molecule has 1 rings (SSSR count). The van der Waals surface area contributed by atoms with Crippen molar-refractivity contribution in [2.75, 3.05) is 6.54 Å². The van der Waals surface area contributed by atoms with Gasteiger partial charge in [-0.1, -0.05) is 0 Å². The van der Waals surface area contributed by atoms with Gasteiger partial charge in [-0.3, -0.25) is 14.8 Å². The van der Waals surface area contributed by atoms with Crippen LogP contribution in [-0.2, 0) is 18.2 Å². The molecule has 0 aromatic carbocycles. The minimum Gasteiger partial charge on any atom is -0.444 e. The van der Waals surface area contributed by atoms with Gasteiger partial charge >= 0.3 is 11.8 Å². The van der Waals surface area contributed by atoms with Crippen LogP contribution in [0.4, 0.5) is 10.5 Å². The highest BCUT2D eigenvalue weighted by molar-refractivity contribution is 5.67. The van der Waals surface area contributed by atoms with E-state index in [2.05, 4.69) is 10.4 Å². The van der Waals surface area contributed by atoms with Crippen LogP contribution in [0.15, 0.2) is 6.20 Å². The first-order valence-corrected chi connectivity index (χ1v) is 6.48. The van der Waals surface area contributed by atoms with E-state index in [1.165, 1.54) is 10.9 Å². The number of rotatable bonds is 5. The molecular formula is C12H21N5O4. The van der Waals surface area contributed by atoms with Gasteiger partial charge in [0.1, 0.15) is 17.5 Å². The SMILES string of the molecule is Cn1ncc([N+](=O)[O-])c1CC(N)CNC(=O)OC(C)(C)C. The first kappa shape index (κ1) is 16.9. The summed E-state index contributed by atoms with van der Waals surface area (Å²) in [6.45, 7) is 5.42. The van der Waals surface area contributed by atoms with Gasteiger partial charge in [-0.2, -0.15) is 5.10 Å². The number of ether oxygens (including phenoxy) is 1. The Kier molecular flexibility index (Phi) is 5.25. The second kappa shape index (κ2) is 6.53. The summed E-state index contributed by atoms with van der Waals surface area (Å²) in [5, 5.41) is 17.2. The number of hydrogen-bond donors (Lipinski definition) is 2. The van der Waals surface area contributed by atoms with Crippen molar-refractivity contribution >= 4 is 11.8 Å². The lowest BCUT2D eigenvalue weighted by atomic mass is 10.1. The second-order valence-electron chi connectivity index (χ2n) is 5.70. The Morgan fingerprint density at radius 1 is 1.62 bits per heavy atom. The molecule has 118 valence electrons. The van der Waals surface area contributed by atoms with Gasteiger partial charge in [-0.15, -0.1) is 0 Å². The third-order valence-electron chi connectivity index (χ3n) is 2.60. The number of carbonyl (C=O) groups excluding carboxylic acids is 1. The lowest BCUT2D eigenvalue weighted by Crippen LogP contribution is -2.41. The number of carbonyl (C=O) groups is 1. The Labute approximate surface area is 122 Å². The molecule has 0 saturated carbocycles. The molecular weight excluding hydrogens is 278 g/mol. The van der Waals surface area contributed by atoms with Crippen LogP contribution >= 0.6 is 0 Å². The highest BCUT2D eigenvalue weighted by Crippen LogP contribution is 2.17. The third kappa shape index (κ3) is 5.38. The maximum atomic E-state index is 11.5. The van der Waals surface area contributed by atoms with Crippen LogP contribution in [0, 0.1) is 10.1 Å². The molecule has 1 aromatic heterocycles. The Morgan fingerprint density at radius 3 is 2.76 bits per heavy atom. The summed E-state index contributed by atoms with van der Waals surface area (Å²) in [6.07, 6.45) is 0.837. The maximum Gasteiger partial charge on any atom is 0.407 e. The summed E-state index contributed by atoms with van der Waals surface area (Å²) in [4.78, 5) is 21.9. The van der Waals surface area contributed by atoms with Crippen molar-refractivity contribution < 1.29 is 14.5 Å². The van der Waals surface area contributed by atoms with Crippen molar-refractivity contribution in [3.63, 3.8) is 0 Å². The Bertz CT molecular complexity index is 520. The lowest BCUT2D eigenvalue weighted by Gasteiger charge is -2.20. The van der Waals surface area contributed by atoms with Crippen LogP contribution in [0.5, 0.6) is 0 Å². The van der Waals surface area contributed by atoms with Gasteiger partial charge in [0.2, 0.25) is 0 Å². The molecule has 0 aliphatic rings. The van der Waals surface area contributed by atoms with Gasteiger partial charge in [0, 0.05) is 26.1 Å². The van der Waals surface area contributed by atoms with Gasteiger partial charge in [0.05, 0.1) is 4.92 Å². The molecule has 0 saturated heterocycles. The molecule has 0 aliphatic carbocycles. The monoisotopic (exact) mass is 299 g/mol. The summed E-state index contributed by atoms with van der Waals surface area (Å²) >= 11 is 0. The zero-order valence-corrected chi connectivity index (χ0v) is 12.6. The summed E-state index contributed by atoms with van der Waals surface area (Å²) < 4.78 is 6.49. The molecule has 0 radical (unpaired) electrons. The molecule has 0 bridgehead atoms. The van der Waals surface area contributed by atoms with E-state index in [0.29, 0.717) is 5.69 Å². The molecule has 0 fully saturated rings. The van der Waals surface area contributed by atoms with Crippen molar-refractivity contribution in [3.05, 3.63) is 22.0 Å². The second-order valence-corrected chi connectivity index (χ2v) is 5.70. The molecule has 9 heteroatoms. The van der Waals surface area contributed by atoms with Crippen LogP contribution in [0.1, 0.15) is 26.5 Å². The molecule has 1 unspecified atom stereocenters. The highest BCUT2D eigenvalue weighted by Gasteiger charge is 2.22. The summed E-state index contributed by atoms with van der Waals surface area (Å²) in [5.41, 5.74) is 5.63. The first-order valence-electron chi connectivity index (χ1n) is 6.48. The fourth-order valence-corrected chi connectivity index (χ4v) is 1.69. The summed E-state index contributed by atoms with van der Waals surface area (Å²) in [7, 11) is 1.61. The topological polar surface area (TPSA) is 125 Å². The number of nitro groups is 1. The fraction of sp³-hybridized carbons (Fsp3) is 0.667. The highest BCUT2D eigenvalue weighted by atomic mass is 16.6. The van der Waals surface area contributed by atoms with Crippen LogP contribution in [0.3, 0.4) is 0 Å². The van der Waals surface area contributed by atoms with E-state index in [4.69, 9.17) is 10.5 Å². The number of nitrogens with zero attached hydrogens (tertiary/aromatic N) is 3. The van der Waals surface area contributed by atoms with Gasteiger partial charge in [0.25, 0.3) is 0 Å². The number of nitrogens with one attached hydrogen (secondary N) is 1. The summed E-state index contributed by atoms with van der Waals surface area (Å²) in [5.74, 6) is 0. The van der Waals surface area contributed by atoms with Crippen LogP contribution in [-0.4, -0.2) is 39.0 Å². The van der Waals surface area contributed by atoms with Gasteiger partial charge in [-0.05, 0) is 20.8 Å². The van der Waals surface area contributed by atoms with E-state index in [1.807, 2.05) is 0 Å². The number of aryl methyl sites for hydroxylation is 1. The van der Waals surface area contributed by atoms with Crippen molar-refractivity contribution in [2.24, 2.45) is 12.8 Å². The van der Waals surface area contributed by atoms with Gasteiger partial charge in [-0.25, -0.2) is 4.79 Å². The molecule has 1 atom stereocenters. The largest absolute Gasteiger partial charge is 0.444 e. The van der Waals surface area contributed by atoms with Crippen LogP contribution in [0.2, 0.25) is 0 Å². The predicted octanol–water partition coefficient (Wildman–Crippen LogP) is 0.723. The van der Waals surface area contributed by atoms with Crippen molar-refractivity contribution in [1.82, 2.24) is 15.1 Å². The number of hydrogen-bond acceptors (Lipinski definition) is 6. The minimum atomic E-state index is -0.588. The number of amides is 1. The van der Waals surface area contributed by atoms with E-state index < -0.39 is 22.7 Å². The Balaban J connectivity index is 2.55. The van der Waals surface area contributed by atoms with Crippen molar-refractivity contribution in [3.8, 4) is 0 Å². The zero-order chi connectivity index (χ0) is 16.2. The van der Waals surface area contributed by atoms with Crippen molar-refractivity contribution in [2.45, 2.75) is 38.8 Å². The number of alkyl carbamates (subject to hydrolysis) is 1. The van der Waals surface area contributed by atoms with Crippen molar-refractivity contribution in [1.29, 1.82) is 0 Å². The van der Waals surface area contributed by atoms with E-state index in [0.717, 1.165) is 0 Å². The molecule has 1 amide bonds. The molecule has 1 aromatic rings. The van der Waals surface area contributed by atoms with E-state index in [1.54, 1.807) is 27.8 Å². The quantitative estimate of drug-likeness (QED) is 0.609. The maximum absolute atomic E-state index is 11.5. The first-order chi connectivity index (χ1) is 9.60. The fourth-order valence-electron chi connectivity index (χ4n) is 1.69. The van der Waals surface area contributed by atoms with E-state index in [9.17, 15) is 14.9 Å². The van der Waals surface area contributed by atoms with Crippen LogP contribution < -0.4 is 11.1 Å². The number of nitrogens with two attached hydrogens (primary N) is 1. The zero-order valence-electron chi connectivity index (χ0n) is 12.6. The standard InChI is InChI=1S/C12H21N5O4/c1-12(2,3)21-11(18)14-6-8(13)5-9-10(17(19)20)7-15-16(9)4/h7-8H,5-6,13H2,1-4H3,(H,14,18). The smallest absolute Gasteiger partial charge is 0.407 e. The third-order valence-corrected chi connectivity index (χ3v) is 2.60. The Morgan fingerprint density at radius 2 is 2.24 bits per heavy atom.